The lowest BCUT2D eigenvalue weighted by Crippen LogP contribution is -2.57. The summed E-state index contributed by atoms with van der Waals surface area (Å²) in [4.78, 5) is 19.3. The van der Waals surface area contributed by atoms with Crippen LogP contribution in [-0.4, -0.2) is 67.9 Å². The van der Waals surface area contributed by atoms with E-state index in [1.165, 1.54) is 4.31 Å². The molecule has 9 nitrogen and oxygen atoms in total. The number of aromatic nitrogens is 1. The van der Waals surface area contributed by atoms with Crippen LogP contribution in [0.2, 0.25) is 5.02 Å². The number of hydrogen-bond acceptors (Lipinski definition) is 7. The average molecular weight is 566 g/mol. The first kappa shape index (κ1) is 27.4. The van der Waals surface area contributed by atoms with Crippen molar-refractivity contribution in [1.82, 2.24) is 19.7 Å². The molecule has 0 aliphatic carbocycles. The zero-order chi connectivity index (χ0) is 25.3. The SMILES string of the molecule is Cl.Nc1cc(N2CCC(CNN3CCN(S(=O)(=O)c4ccc5cc(Cl)ccc5c4)CC3=O)CC2)ccn1. The van der Waals surface area contributed by atoms with Crippen LogP contribution in [0.15, 0.2) is 59.6 Å². The van der Waals surface area contributed by atoms with Crippen LogP contribution < -0.4 is 16.1 Å². The second-order valence-electron chi connectivity index (χ2n) is 9.27. The van der Waals surface area contributed by atoms with Gasteiger partial charge in [-0.1, -0.05) is 23.7 Å². The van der Waals surface area contributed by atoms with Gasteiger partial charge in [0.2, 0.25) is 10.0 Å². The van der Waals surface area contributed by atoms with Crippen LogP contribution in [-0.2, 0) is 14.8 Å². The van der Waals surface area contributed by atoms with Gasteiger partial charge in [-0.05, 0) is 59.9 Å². The maximum atomic E-state index is 13.2. The number of carbonyl (C=O) groups is 1. The summed E-state index contributed by atoms with van der Waals surface area (Å²) < 4.78 is 27.7. The standard InChI is InChI=1S/C25H29ClN6O3S.ClH/c26-21-3-1-20-14-23(4-2-19(20)13-21)36(34,35)31-11-12-32(25(33)17-31)29-16-18-6-9-30(10-7-18)22-5-8-28-24(27)15-22;/h1-5,8,13-15,18,29H,6-7,9-12,16-17H2,(H2,27,28);1H. The van der Waals surface area contributed by atoms with E-state index in [1.807, 2.05) is 12.1 Å². The van der Waals surface area contributed by atoms with Crippen molar-refractivity contribution in [3.8, 4) is 0 Å². The Morgan fingerprint density at radius 2 is 1.73 bits per heavy atom. The van der Waals surface area contributed by atoms with Crippen LogP contribution in [0.3, 0.4) is 0 Å². The number of halogens is 2. The minimum Gasteiger partial charge on any atom is -0.384 e. The van der Waals surface area contributed by atoms with Gasteiger partial charge in [0.1, 0.15) is 5.82 Å². The number of piperidine rings is 1. The monoisotopic (exact) mass is 564 g/mol. The summed E-state index contributed by atoms with van der Waals surface area (Å²) in [5.74, 6) is 0.699. The predicted molar refractivity (Wildman–Crippen MR) is 148 cm³/mol. The molecule has 3 aromatic rings. The van der Waals surface area contributed by atoms with Crippen LogP contribution in [0.25, 0.3) is 10.8 Å². The van der Waals surface area contributed by atoms with Gasteiger partial charge in [0.15, 0.2) is 0 Å². The fourth-order valence-electron chi connectivity index (χ4n) is 4.80. The number of carbonyl (C=O) groups excluding carboxylic acids is 1. The van der Waals surface area contributed by atoms with Gasteiger partial charge >= 0.3 is 0 Å². The van der Waals surface area contributed by atoms with E-state index in [4.69, 9.17) is 17.3 Å². The Labute approximate surface area is 228 Å². The van der Waals surface area contributed by atoms with Crippen molar-refractivity contribution in [1.29, 1.82) is 0 Å². The Balaban J connectivity index is 0.00000320. The number of anilines is 2. The number of nitrogens with one attached hydrogen (secondary N) is 1. The van der Waals surface area contributed by atoms with Crippen LogP contribution in [0.5, 0.6) is 0 Å². The topological polar surface area (TPSA) is 112 Å². The van der Waals surface area contributed by atoms with Gasteiger partial charge in [-0.2, -0.15) is 4.31 Å². The molecule has 37 heavy (non-hydrogen) atoms. The van der Waals surface area contributed by atoms with Gasteiger partial charge in [0.25, 0.3) is 5.91 Å². The molecule has 2 aromatic carbocycles. The van der Waals surface area contributed by atoms with Crippen molar-refractivity contribution in [3.05, 3.63) is 59.8 Å². The second kappa shape index (κ2) is 11.4. The third-order valence-electron chi connectivity index (χ3n) is 6.91. The summed E-state index contributed by atoms with van der Waals surface area (Å²) in [7, 11) is -3.78. The van der Waals surface area contributed by atoms with Crippen molar-refractivity contribution in [2.75, 3.05) is 49.9 Å². The quantitative estimate of drug-likeness (QED) is 0.473. The van der Waals surface area contributed by atoms with Crippen molar-refractivity contribution in [3.63, 3.8) is 0 Å². The lowest BCUT2D eigenvalue weighted by Gasteiger charge is -2.37. The van der Waals surface area contributed by atoms with Gasteiger partial charge in [0, 0.05) is 49.2 Å². The lowest BCUT2D eigenvalue weighted by molar-refractivity contribution is -0.137. The molecule has 2 saturated heterocycles. The molecule has 0 bridgehead atoms. The fourth-order valence-corrected chi connectivity index (χ4v) is 6.39. The molecular formula is C25H30Cl2N6O3S. The number of amides is 1. The van der Waals surface area contributed by atoms with Crippen LogP contribution in [0.1, 0.15) is 12.8 Å². The van der Waals surface area contributed by atoms with E-state index < -0.39 is 10.0 Å². The molecule has 0 saturated carbocycles. The van der Waals surface area contributed by atoms with E-state index in [0.29, 0.717) is 29.8 Å². The summed E-state index contributed by atoms with van der Waals surface area (Å²) in [6.07, 6.45) is 3.70. The zero-order valence-electron chi connectivity index (χ0n) is 20.2. The number of nitrogens with two attached hydrogens (primary N) is 1. The third-order valence-corrected chi connectivity index (χ3v) is 8.99. The number of piperazine rings is 1. The Bertz CT molecular complexity index is 1380. The zero-order valence-corrected chi connectivity index (χ0v) is 22.6. The molecule has 3 N–H and O–H groups in total. The highest BCUT2D eigenvalue weighted by atomic mass is 35.5. The average Bonchev–Trinajstić information content (AvgIpc) is 2.88. The van der Waals surface area contributed by atoms with E-state index >= 15 is 0 Å². The molecular weight excluding hydrogens is 535 g/mol. The van der Waals surface area contributed by atoms with Crippen LogP contribution >= 0.6 is 24.0 Å². The molecule has 1 aromatic heterocycles. The summed E-state index contributed by atoms with van der Waals surface area (Å²) in [6.45, 7) is 2.85. The fraction of sp³-hybridized carbons (Fsp3) is 0.360. The van der Waals surface area contributed by atoms with Gasteiger partial charge < -0.3 is 10.6 Å². The second-order valence-corrected chi connectivity index (χ2v) is 11.6. The molecule has 3 heterocycles. The van der Waals surface area contributed by atoms with E-state index in [2.05, 4.69) is 15.3 Å². The van der Waals surface area contributed by atoms with Gasteiger partial charge in [0.05, 0.1) is 18.0 Å². The molecule has 12 heteroatoms. The summed E-state index contributed by atoms with van der Waals surface area (Å²) in [5.41, 5.74) is 10.1. The van der Waals surface area contributed by atoms with Crippen LogP contribution in [0, 0.1) is 5.92 Å². The molecule has 0 radical (unpaired) electrons. The normalized spacial score (nSPS) is 17.7. The van der Waals surface area contributed by atoms with Crippen molar-refractivity contribution in [2.45, 2.75) is 17.7 Å². The highest BCUT2D eigenvalue weighted by Gasteiger charge is 2.33. The Morgan fingerprint density at radius 1 is 1.00 bits per heavy atom. The smallest absolute Gasteiger partial charge is 0.252 e. The number of nitrogens with zero attached hydrogens (tertiary/aromatic N) is 4. The minimum atomic E-state index is -3.78. The number of sulfonamides is 1. The maximum absolute atomic E-state index is 13.2. The first-order valence-electron chi connectivity index (χ1n) is 12.0. The summed E-state index contributed by atoms with van der Waals surface area (Å²) in [6, 6.07) is 14.1. The Kier molecular flexibility index (Phi) is 8.45. The van der Waals surface area contributed by atoms with Crippen molar-refractivity contribution in [2.24, 2.45) is 5.92 Å². The molecule has 0 unspecified atom stereocenters. The molecule has 0 spiro atoms. The number of nitrogen functional groups attached to an aromatic ring is 1. The van der Waals surface area contributed by atoms with Crippen molar-refractivity contribution < 1.29 is 13.2 Å². The molecule has 2 aliphatic rings. The summed E-state index contributed by atoms with van der Waals surface area (Å²) >= 11 is 6.03. The van der Waals surface area contributed by atoms with E-state index in [1.54, 1.807) is 47.6 Å². The molecule has 1 amide bonds. The lowest BCUT2D eigenvalue weighted by atomic mass is 9.96. The Morgan fingerprint density at radius 3 is 2.46 bits per heavy atom. The highest BCUT2D eigenvalue weighted by Crippen LogP contribution is 2.26. The van der Waals surface area contributed by atoms with Crippen molar-refractivity contribution >= 4 is 62.2 Å². The maximum Gasteiger partial charge on any atom is 0.252 e. The highest BCUT2D eigenvalue weighted by molar-refractivity contribution is 7.89. The number of hydrogen-bond donors (Lipinski definition) is 2. The molecule has 0 atom stereocenters. The Hall–Kier alpha value is -2.63. The molecule has 198 valence electrons. The van der Waals surface area contributed by atoms with Crippen LogP contribution in [0.4, 0.5) is 11.5 Å². The van der Waals surface area contributed by atoms with Gasteiger partial charge in [-0.15, -0.1) is 12.4 Å². The minimum absolute atomic E-state index is 0. The number of rotatable bonds is 6. The predicted octanol–water partition coefficient (Wildman–Crippen LogP) is 3.15. The summed E-state index contributed by atoms with van der Waals surface area (Å²) in [5, 5.41) is 3.80. The first-order chi connectivity index (χ1) is 17.3. The van der Waals surface area contributed by atoms with Gasteiger partial charge in [-0.25, -0.2) is 18.8 Å². The van der Waals surface area contributed by atoms with Gasteiger partial charge in [-0.3, -0.25) is 9.80 Å². The number of pyridine rings is 1. The molecule has 2 aliphatic heterocycles. The largest absolute Gasteiger partial charge is 0.384 e. The molecule has 5 rings (SSSR count). The van der Waals surface area contributed by atoms with E-state index in [0.717, 1.165) is 42.4 Å². The van der Waals surface area contributed by atoms with E-state index in [-0.39, 0.29) is 36.3 Å². The molecule has 2 fully saturated rings. The third kappa shape index (κ3) is 6.10. The number of fused-ring (bicyclic) bond motifs is 1. The number of benzene rings is 2. The first-order valence-corrected chi connectivity index (χ1v) is 13.8. The number of hydrazine groups is 1. The van der Waals surface area contributed by atoms with E-state index in [9.17, 15) is 13.2 Å².